The highest BCUT2D eigenvalue weighted by Gasteiger charge is 2.17. The Bertz CT molecular complexity index is 1090. The molecule has 0 N–H and O–H groups in total. The van der Waals surface area contributed by atoms with Crippen LogP contribution in [0.4, 0.5) is 0 Å². The standard InChI is InChI=1S/C19H15Cl2N5OS/c1-2-26-17(14-5-3-4-6-15(14)21)23-25-19(26)28-11-16-22-24-18(27-16)12-7-9-13(20)10-8-12/h3-10H,2,11H2,1H3. The van der Waals surface area contributed by atoms with Crippen LogP contribution in [0.3, 0.4) is 0 Å². The predicted molar refractivity (Wildman–Crippen MR) is 110 cm³/mol. The van der Waals surface area contributed by atoms with Crippen molar-refractivity contribution < 1.29 is 4.42 Å². The first-order chi connectivity index (χ1) is 13.7. The highest BCUT2D eigenvalue weighted by molar-refractivity contribution is 7.98. The molecule has 0 aliphatic carbocycles. The summed E-state index contributed by atoms with van der Waals surface area (Å²) >= 11 is 13.7. The number of rotatable bonds is 6. The van der Waals surface area contributed by atoms with E-state index in [1.165, 1.54) is 11.8 Å². The zero-order valence-corrected chi connectivity index (χ0v) is 17.2. The highest BCUT2D eigenvalue weighted by Crippen LogP contribution is 2.30. The van der Waals surface area contributed by atoms with Crippen molar-refractivity contribution in [2.45, 2.75) is 24.4 Å². The van der Waals surface area contributed by atoms with Crippen LogP contribution in [-0.2, 0) is 12.3 Å². The van der Waals surface area contributed by atoms with E-state index in [-0.39, 0.29) is 0 Å². The van der Waals surface area contributed by atoms with E-state index in [4.69, 9.17) is 27.6 Å². The number of halogens is 2. The molecular weight excluding hydrogens is 417 g/mol. The van der Waals surface area contributed by atoms with E-state index in [0.717, 1.165) is 28.7 Å². The van der Waals surface area contributed by atoms with Gasteiger partial charge in [-0.05, 0) is 43.3 Å². The Morgan fingerprint density at radius 2 is 1.75 bits per heavy atom. The molecule has 0 fully saturated rings. The third kappa shape index (κ3) is 3.92. The maximum Gasteiger partial charge on any atom is 0.247 e. The fourth-order valence-corrected chi connectivity index (χ4v) is 3.86. The molecule has 0 spiro atoms. The topological polar surface area (TPSA) is 69.6 Å². The Labute approximate surface area is 175 Å². The summed E-state index contributed by atoms with van der Waals surface area (Å²) in [4.78, 5) is 0. The van der Waals surface area contributed by atoms with Crippen LogP contribution < -0.4 is 0 Å². The summed E-state index contributed by atoms with van der Waals surface area (Å²) < 4.78 is 7.77. The molecule has 0 radical (unpaired) electrons. The van der Waals surface area contributed by atoms with E-state index < -0.39 is 0 Å². The molecule has 2 heterocycles. The molecule has 9 heteroatoms. The summed E-state index contributed by atoms with van der Waals surface area (Å²) in [5.74, 6) is 2.20. The van der Waals surface area contributed by atoms with E-state index in [1.54, 1.807) is 12.1 Å². The summed E-state index contributed by atoms with van der Waals surface area (Å²) in [6.07, 6.45) is 0. The maximum atomic E-state index is 6.31. The summed E-state index contributed by atoms with van der Waals surface area (Å²) in [7, 11) is 0. The molecule has 0 bridgehead atoms. The van der Waals surface area contributed by atoms with Crippen LogP contribution in [-0.4, -0.2) is 25.0 Å². The number of benzene rings is 2. The Kier molecular flexibility index (Phi) is 5.66. The van der Waals surface area contributed by atoms with Crippen LogP contribution in [0.5, 0.6) is 0 Å². The average Bonchev–Trinajstić information content (AvgIpc) is 3.34. The number of aromatic nitrogens is 5. The average molecular weight is 432 g/mol. The predicted octanol–water partition coefficient (Wildman–Crippen LogP) is 5.61. The third-order valence-electron chi connectivity index (χ3n) is 4.03. The minimum Gasteiger partial charge on any atom is -0.420 e. The molecule has 4 aromatic rings. The van der Waals surface area contributed by atoms with Gasteiger partial charge in [-0.1, -0.05) is 47.1 Å². The smallest absolute Gasteiger partial charge is 0.247 e. The van der Waals surface area contributed by atoms with Gasteiger partial charge in [0.15, 0.2) is 11.0 Å². The van der Waals surface area contributed by atoms with Gasteiger partial charge in [-0.25, -0.2) is 0 Å². The zero-order chi connectivity index (χ0) is 19.5. The lowest BCUT2D eigenvalue weighted by molar-refractivity contribution is 0.528. The summed E-state index contributed by atoms with van der Waals surface area (Å²) in [5.41, 5.74) is 1.68. The van der Waals surface area contributed by atoms with Crippen molar-refractivity contribution in [1.29, 1.82) is 0 Å². The van der Waals surface area contributed by atoms with Gasteiger partial charge in [0.2, 0.25) is 11.8 Å². The lowest BCUT2D eigenvalue weighted by Crippen LogP contribution is -2.00. The van der Waals surface area contributed by atoms with E-state index in [0.29, 0.717) is 27.6 Å². The van der Waals surface area contributed by atoms with Crippen molar-refractivity contribution in [3.8, 4) is 22.8 Å². The van der Waals surface area contributed by atoms with E-state index in [1.807, 2.05) is 47.9 Å². The fraction of sp³-hybridized carbons (Fsp3) is 0.158. The molecule has 2 aromatic carbocycles. The van der Waals surface area contributed by atoms with Crippen LogP contribution in [0.25, 0.3) is 22.8 Å². The molecule has 28 heavy (non-hydrogen) atoms. The van der Waals surface area contributed by atoms with Gasteiger partial charge in [0.1, 0.15) is 0 Å². The first-order valence-electron chi connectivity index (χ1n) is 8.55. The summed E-state index contributed by atoms with van der Waals surface area (Å²) in [6, 6.07) is 14.9. The number of hydrogen-bond donors (Lipinski definition) is 0. The highest BCUT2D eigenvalue weighted by atomic mass is 35.5. The normalized spacial score (nSPS) is 11.1. The second-order valence-corrected chi connectivity index (χ2v) is 7.61. The molecule has 142 valence electrons. The minimum absolute atomic E-state index is 0.459. The lowest BCUT2D eigenvalue weighted by Gasteiger charge is -2.07. The quantitative estimate of drug-likeness (QED) is 0.369. The maximum absolute atomic E-state index is 6.31. The van der Waals surface area contributed by atoms with Crippen LogP contribution in [0.2, 0.25) is 10.0 Å². The van der Waals surface area contributed by atoms with E-state index >= 15 is 0 Å². The molecule has 0 saturated carbocycles. The van der Waals surface area contributed by atoms with Crippen molar-refractivity contribution >= 4 is 35.0 Å². The molecule has 6 nitrogen and oxygen atoms in total. The Morgan fingerprint density at radius 3 is 2.50 bits per heavy atom. The first kappa shape index (κ1) is 19.0. The largest absolute Gasteiger partial charge is 0.420 e. The van der Waals surface area contributed by atoms with Gasteiger partial charge in [-0.2, -0.15) is 0 Å². The zero-order valence-electron chi connectivity index (χ0n) is 14.8. The van der Waals surface area contributed by atoms with Crippen molar-refractivity contribution in [3.63, 3.8) is 0 Å². The van der Waals surface area contributed by atoms with Gasteiger partial charge in [0, 0.05) is 22.7 Å². The molecule has 0 aliphatic rings. The van der Waals surface area contributed by atoms with Gasteiger partial charge in [-0.3, -0.25) is 0 Å². The van der Waals surface area contributed by atoms with Gasteiger partial charge >= 0.3 is 0 Å². The molecule has 0 amide bonds. The van der Waals surface area contributed by atoms with Gasteiger partial charge in [0.25, 0.3) is 0 Å². The van der Waals surface area contributed by atoms with Crippen LogP contribution >= 0.6 is 35.0 Å². The van der Waals surface area contributed by atoms with Crippen molar-refractivity contribution in [2.75, 3.05) is 0 Å². The fourth-order valence-electron chi connectivity index (χ4n) is 2.67. The van der Waals surface area contributed by atoms with Crippen molar-refractivity contribution in [3.05, 3.63) is 64.5 Å². The third-order valence-corrected chi connectivity index (χ3v) is 5.56. The van der Waals surface area contributed by atoms with Crippen LogP contribution in [0.15, 0.2) is 58.1 Å². The Balaban J connectivity index is 1.52. The molecule has 0 saturated heterocycles. The van der Waals surface area contributed by atoms with Gasteiger partial charge < -0.3 is 8.98 Å². The van der Waals surface area contributed by atoms with E-state index in [2.05, 4.69) is 20.4 Å². The minimum atomic E-state index is 0.459. The second kappa shape index (κ2) is 8.34. The molecule has 4 rings (SSSR count). The number of hydrogen-bond acceptors (Lipinski definition) is 6. The first-order valence-corrected chi connectivity index (χ1v) is 10.3. The van der Waals surface area contributed by atoms with E-state index in [9.17, 15) is 0 Å². The summed E-state index contributed by atoms with van der Waals surface area (Å²) in [5, 5.41) is 18.9. The SMILES string of the molecule is CCn1c(SCc2nnc(-c3ccc(Cl)cc3)o2)nnc1-c1ccccc1Cl. The number of nitrogens with zero attached hydrogens (tertiary/aromatic N) is 5. The molecule has 0 atom stereocenters. The second-order valence-electron chi connectivity index (χ2n) is 5.83. The van der Waals surface area contributed by atoms with Crippen molar-refractivity contribution in [2.24, 2.45) is 0 Å². The molecule has 2 aromatic heterocycles. The summed E-state index contributed by atoms with van der Waals surface area (Å²) in [6.45, 7) is 2.76. The Hall–Kier alpha value is -2.35. The van der Waals surface area contributed by atoms with Crippen LogP contribution in [0, 0.1) is 0 Å². The van der Waals surface area contributed by atoms with Gasteiger partial charge in [0.05, 0.1) is 10.8 Å². The number of thioether (sulfide) groups is 1. The van der Waals surface area contributed by atoms with Crippen molar-refractivity contribution in [1.82, 2.24) is 25.0 Å². The Morgan fingerprint density at radius 1 is 0.964 bits per heavy atom. The molecular formula is C19H15Cl2N5OS. The van der Waals surface area contributed by atoms with Crippen LogP contribution in [0.1, 0.15) is 12.8 Å². The lowest BCUT2D eigenvalue weighted by atomic mass is 10.2. The molecule has 0 aliphatic heterocycles. The van der Waals surface area contributed by atoms with Gasteiger partial charge in [-0.15, -0.1) is 20.4 Å². The monoisotopic (exact) mass is 431 g/mol. The molecule has 0 unspecified atom stereocenters.